The normalized spacial score (nSPS) is 12.3. The van der Waals surface area contributed by atoms with Crippen LogP contribution in [0.3, 0.4) is 0 Å². The number of fused-ring (bicyclic) bond motifs is 3. The van der Waals surface area contributed by atoms with E-state index in [9.17, 15) is 19.2 Å². The summed E-state index contributed by atoms with van der Waals surface area (Å²) < 4.78 is 70.9. The Morgan fingerprint density at radius 2 is 0.867 bits per heavy atom. The van der Waals surface area contributed by atoms with Crippen LogP contribution in [-0.4, -0.2) is 208 Å². The maximum atomic E-state index is 13.3. The van der Waals surface area contributed by atoms with Crippen LogP contribution in [0.5, 0.6) is 0 Å². The summed E-state index contributed by atoms with van der Waals surface area (Å²) in [4.78, 5) is 51.6. The van der Waals surface area contributed by atoms with E-state index in [1.54, 1.807) is 37.4 Å². The van der Waals surface area contributed by atoms with Gasteiger partial charge >= 0.3 is 6.09 Å². The Morgan fingerprint density at radius 3 is 1.31 bits per heavy atom. The highest BCUT2D eigenvalue weighted by Crippen LogP contribution is 2.44. The molecule has 0 fully saturated rings. The van der Waals surface area contributed by atoms with Gasteiger partial charge in [0.1, 0.15) is 12.6 Å². The molecule has 0 unspecified atom stereocenters. The molecule has 0 aliphatic heterocycles. The molecular weight excluding hydrogens is 975 g/mol. The average Bonchev–Trinajstić information content (AvgIpc) is 3.76. The first-order valence-electron chi connectivity index (χ1n) is 26.1. The van der Waals surface area contributed by atoms with Crippen molar-refractivity contribution < 1.29 is 80.8 Å². The molecule has 20 heteroatoms. The maximum absolute atomic E-state index is 13.3. The second-order valence-electron chi connectivity index (χ2n) is 16.9. The number of carbonyl (C=O) groups is 4. The van der Waals surface area contributed by atoms with Gasteiger partial charge in [-0.2, -0.15) is 0 Å². The van der Waals surface area contributed by atoms with Crippen molar-refractivity contribution in [2.45, 2.75) is 37.6 Å². The van der Waals surface area contributed by atoms with Crippen LogP contribution in [0.25, 0.3) is 11.1 Å². The van der Waals surface area contributed by atoms with Gasteiger partial charge in [-0.05, 0) is 41.5 Å². The second-order valence-corrected chi connectivity index (χ2v) is 16.9. The Balaban J connectivity index is 0.901. The highest BCUT2D eigenvalue weighted by atomic mass is 16.6. The van der Waals surface area contributed by atoms with Crippen LogP contribution in [-0.2, 0) is 71.2 Å². The Bertz CT molecular complexity index is 1920. The Labute approximate surface area is 442 Å². The minimum Gasteiger partial charge on any atom is -0.449 e. The third-order valence-corrected chi connectivity index (χ3v) is 11.3. The van der Waals surface area contributed by atoms with Crippen molar-refractivity contribution in [2.75, 3.05) is 179 Å². The molecule has 75 heavy (non-hydrogen) atoms. The molecule has 418 valence electrons. The smallest absolute Gasteiger partial charge is 0.407 e. The first-order valence-corrected chi connectivity index (χ1v) is 26.1. The lowest BCUT2D eigenvalue weighted by Gasteiger charge is -2.20. The third kappa shape index (κ3) is 28.7. The molecule has 0 bridgehead atoms. The largest absolute Gasteiger partial charge is 0.449 e. The number of benzene rings is 3. The molecule has 4 rings (SSSR count). The number of rotatable bonds is 48. The van der Waals surface area contributed by atoms with Crippen molar-refractivity contribution in [3.63, 3.8) is 0 Å². The van der Waals surface area contributed by atoms with Gasteiger partial charge in [0.25, 0.3) is 0 Å². The summed E-state index contributed by atoms with van der Waals surface area (Å²) in [5.41, 5.74) is 4.83. The molecule has 0 spiro atoms. The monoisotopic (exact) mass is 1060 g/mol. The summed E-state index contributed by atoms with van der Waals surface area (Å²) in [6, 6.07) is 23.8. The van der Waals surface area contributed by atoms with Crippen LogP contribution in [0.2, 0.25) is 0 Å². The Hall–Kier alpha value is -4.94. The molecule has 0 radical (unpaired) electrons. The van der Waals surface area contributed by atoms with Gasteiger partial charge < -0.3 is 77.5 Å². The Kier molecular flexibility index (Phi) is 35.2. The summed E-state index contributed by atoms with van der Waals surface area (Å²) in [5, 5.41) is 8.25. The lowest BCUT2D eigenvalue weighted by molar-refractivity contribution is -0.123. The number of amides is 3. The first-order chi connectivity index (χ1) is 37.0. The molecule has 3 amide bonds. The van der Waals surface area contributed by atoms with Crippen LogP contribution >= 0.6 is 0 Å². The van der Waals surface area contributed by atoms with Gasteiger partial charge in [0.2, 0.25) is 11.8 Å². The van der Waals surface area contributed by atoms with Crippen LogP contribution in [0, 0.1) is 0 Å². The van der Waals surface area contributed by atoms with Crippen molar-refractivity contribution in [3.05, 3.63) is 95.6 Å². The number of unbranched alkanes of at least 4 members (excludes halogenated alkanes) is 1. The van der Waals surface area contributed by atoms with Gasteiger partial charge in [-0.25, -0.2) is 4.79 Å². The average molecular weight is 1060 g/mol. The SMILES string of the molecule is COCCOCCOCCOCCOCCOCCOCCOCCOCCOCCOCCOCCC(=O)NCCCC[C@H](NC(=O)OCC1c2ccccc2-c2ccccc21)C(=O)NCC(=O)c1ccccc1. The van der Waals surface area contributed by atoms with E-state index >= 15 is 0 Å². The first kappa shape index (κ1) is 62.6. The van der Waals surface area contributed by atoms with Crippen molar-refractivity contribution in [1.82, 2.24) is 16.0 Å². The van der Waals surface area contributed by atoms with E-state index in [2.05, 4.69) is 28.1 Å². The highest BCUT2D eigenvalue weighted by Gasteiger charge is 2.30. The van der Waals surface area contributed by atoms with E-state index in [4.69, 9.17) is 61.6 Å². The van der Waals surface area contributed by atoms with Gasteiger partial charge in [0.15, 0.2) is 5.78 Å². The molecule has 0 heterocycles. The molecule has 0 saturated heterocycles. The van der Waals surface area contributed by atoms with E-state index in [0.29, 0.717) is 170 Å². The van der Waals surface area contributed by atoms with E-state index in [0.717, 1.165) is 22.3 Å². The highest BCUT2D eigenvalue weighted by molar-refractivity contribution is 6.00. The number of ether oxygens (including phenoxy) is 13. The number of alkyl carbamates (subject to hydrolysis) is 1. The second kappa shape index (κ2) is 42.2. The van der Waals surface area contributed by atoms with E-state index in [1.165, 1.54) is 0 Å². The van der Waals surface area contributed by atoms with Crippen molar-refractivity contribution in [2.24, 2.45) is 0 Å². The molecule has 1 aliphatic carbocycles. The van der Waals surface area contributed by atoms with Crippen LogP contribution < -0.4 is 16.0 Å². The van der Waals surface area contributed by atoms with Gasteiger partial charge in [-0.1, -0.05) is 78.9 Å². The summed E-state index contributed by atoms with van der Waals surface area (Å²) in [6.45, 7) is 10.9. The lowest BCUT2D eigenvalue weighted by atomic mass is 9.98. The van der Waals surface area contributed by atoms with E-state index < -0.39 is 18.0 Å². The number of ketones is 1. The molecule has 0 saturated carbocycles. The molecule has 1 aliphatic rings. The molecule has 3 aromatic rings. The minimum absolute atomic E-state index is 0.0921. The molecule has 1 atom stereocenters. The number of carbonyl (C=O) groups excluding carboxylic acids is 4. The summed E-state index contributed by atoms with van der Waals surface area (Å²) in [6.07, 6.45) is 0.778. The molecule has 3 aromatic carbocycles. The predicted octanol–water partition coefficient (Wildman–Crippen LogP) is 4.40. The molecule has 0 aromatic heterocycles. The summed E-state index contributed by atoms with van der Waals surface area (Å²) >= 11 is 0. The van der Waals surface area contributed by atoms with E-state index in [-0.39, 0.29) is 50.2 Å². The van der Waals surface area contributed by atoms with E-state index in [1.807, 2.05) is 36.4 Å². The molecule has 3 N–H and O–H groups in total. The van der Waals surface area contributed by atoms with Crippen molar-refractivity contribution in [3.8, 4) is 11.1 Å². The minimum atomic E-state index is -0.958. The quantitative estimate of drug-likeness (QED) is 0.0527. The third-order valence-electron chi connectivity index (χ3n) is 11.3. The van der Waals surface area contributed by atoms with Crippen molar-refractivity contribution in [1.29, 1.82) is 0 Å². The lowest BCUT2D eigenvalue weighted by Crippen LogP contribution is -2.48. The number of nitrogens with one attached hydrogen (secondary N) is 3. The topological polar surface area (TPSA) is 224 Å². The van der Waals surface area contributed by atoms with Gasteiger partial charge in [0, 0.05) is 31.6 Å². The zero-order valence-electron chi connectivity index (χ0n) is 43.8. The molecular formula is C55H81N3O17. The van der Waals surface area contributed by atoms with Gasteiger partial charge in [-0.15, -0.1) is 0 Å². The fourth-order valence-electron chi connectivity index (χ4n) is 7.47. The van der Waals surface area contributed by atoms with Gasteiger partial charge in [-0.3, -0.25) is 14.4 Å². The number of methoxy groups -OCH3 is 1. The zero-order valence-corrected chi connectivity index (χ0v) is 43.8. The fraction of sp³-hybridized carbons (Fsp3) is 0.600. The number of Topliss-reactive ketones (excluding diaryl/α,β-unsaturated/α-hetero) is 1. The summed E-state index contributed by atoms with van der Waals surface area (Å²) in [7, 11) is 1.64. The van der Waals surface area contributed by atoms with Gasteiger partial charge in [0.05, 0.1) is 159 Å². The summed E-state index contributed by atoms with van der Waals surface area (Å²) in [5.74, 6) is -1.06. The standard InChI is InChI=1S/C55H81N3O17/c1-63-21-22-65-25-26-67-29-30-69-33-34-71-37-38-73-41-42-74-40-39-72-36-35-70-32-31-68-28-27-66-24-23-64-20-18-53(60)56-19-10-9-17-51(54(61)57-43-52(59)45-11-3-2-4-12-45)58-55(62)75-44-50-48-15-7-5-13-46(48)47-14-6-8-16-49(47)50/h2-8,11-16,50-51H,9-10,17-44H2,1H3,(H,56,60)(H,57,61)(H,58,62)/t51-/m0/s1. The maximum Gasteiger partial charge on any atom is 0.407 e. The number of hydrogen-bond donors (Lipinski definition) is 3. The predicted molar refractivity (Wildman–Crippen MR) is 278 cm³/mol. The van der Waals surface area contributed by atoms with Crippen molar-refractivity contribution >= 4 is 23.7 Å². The van der Waals surface area contributed by atoms with Crippen LogP contribution in [0.1, 0.15) is 53.1 Å². The zero-order chi connectivity index (χ0) is 53.1. The Morgan fingerprint density at radius 1 is 0.467 bits per heavy atom. The number of hydrogen-bond acceptors (Lipinski definition) is 17. The fourth-order valence-corrected chi connectivity index (χ4v) is 7.47. The molecule has 20 nitrogen and oxygen atoms in total. The van der Waals surface area contributed by atoms with Crippen LogP contribution in [0.15, 0.2) is 78.9 Å². The van der Waals surface area contributed by atoms with Crippen LogP contribution in [0.4, 0.5) is 4.79 Å².